The maximum Gasteiger partial charge on any atom is 0.120 e. The Hall–Kier alpha value is -1.52. The van der Waals surface area contributed by atoms with E-state index < -0.39 is 0 Å². The van der Waals surface area contributed by atoms with E-state index in [1.165, 1.54) is 0 Å². The average molecular weight is 238 g/mol. The number of hydrogen-bond acceptors (Lipinski definition) is 3. The van der Waals surface area contributed by atoms with Crippen molar-refractivity contribution >= 4 is 11.6 Å². The summed E-state index contributed by atoms with van der Waals surface area (Å²) in [6.07, 6.45) is 1.72. The average Bonchev–Trinajstić information content (AvgIpc) is 2.77. The summed E-state index contributed by atoms with van der Waals surface area (Å²) in [5, 5.41) is 0.617. The van der Waals surface area contributed by atoms with Crippen LogP contribution in [0.1, 0.15) is 5.82 Å². The molecule has 16 heavy (non-hydrogen) atoms. The van der Waals surface area contributed by atoms with Gasteiger partial charge in [0.15, 0.2) is 0 Å². The van der Waals surface area contributed by atoms with E-state index in [2.05, 4.69) is 9.97 Å². The summed E-state index contributed by atoms with van der Waals surface area (Å²) < 4.78 is 5.08. The molecule has 4 nitrogen and oxygen atoms in total. The molecule has 0 amide bonds. The van der Waals surface area contributed by atoms with Gasteiger partial charge < -0.3 is 15.5 Å². The van der Waals surface area contributed by atoms with E-state index in [4.69, 9.17) is 22.1 Å². The van der Waals surface area contributed by atoms with Gasteiger partial charge in [-0.2, -0.15) is 0 Å². The Kier molecular flexibility index (Phi) is 3.12. The molecule has 0 saturated carbocycles. The van der Waals surface area contributed by atoms with Gasteiger partial charge in [0, 0.05) is 5.56 Å². The van der Waals surface area contributed by atoms with Crippen LogP contribution in [0.15, 0.2) is 24.4 Å². The van der Waals surface area contributed by atoms with Gasteiger partial charge in [0.1, 0.15) is 11.6 Å². The Bertz CT molecular complexity index is 496. The van der Waals surface area contributed by atoms with Crippen LogP contribution >= 0.6 is 11.6 Å². The number of rotatable bonds is 3. The Balaban J connectivity index is 2.40. The SMILES string of the molecule is COc1ccc(-c2cnc(CN)[nH]2)c(Cl)c1. The first-order valence-corrected chi connectivity index (χ1v) is 5.20. The van der Waals surface area contributed by atoms with Crippen molar-refractivity contribution in [3.63, 3.8) is 0 Å². The van der Waals surface area contributed by atoms with Crippen molar-refractivity contribution in [1.29, 1.82) is 0 Å². The van der Waals surface area contributed by atoms with Gasteiger partial charge in [-0.1, -0.05) is 11.6 Å². The van der Waals surface area contributed by atoms with E-state index in [1.807, 2.05) is 12.1 Å². The molecule has 84 valence electrons. The highest BCUT2D eigenvalue weighted by molar-refractivity contribution is 6.33. The summed E-state index contributed by atoms with van der Waals surface area (Å²) in [4.78, 5) is 7.22. The van der Waals surface area contributed by atoms with Crippen LogP contribution in [0, 0.1) is 0 Å². The summed E-state index contributed by atoms with van der Waals surface area (Å²) in [5.41, 5.74) is 7.22. The highest BCUT2D eigenvalue weighted by Gasteiger charge is 2.07. The van der Waals surface area contributed by atoms with Gasteiger partial charge in [-0.05, 0) is 18.2 Å². The van der Waals surface area contributed by atoms with E-state index in [-0.39, 0.29) is 0 Å². The van der Waals surface area contributed by atoms with Crippen LogP contribution in [0.2, 0.25) is 5.02 Å². The summed E-state index contributed by atoms with van der Waals surface area (Å²) in [5.74, 6) is 1.47. The number of aromatic amines is 1. The molecule has 3 N–H and O–H groups in total. The van der Waals surface area contributed by atoms with Gasteiger partial charge in [-0.25, -0.2) is 4.98 Å². The molecule has 0 bridgehead atoms. The molecular formula is C11H12ClN3O. The van der Waals surface area contributed by atoms with Crippen LogP contribution < -0.4 is 10.5 Å². The lowest BCUT2D eigenvalue weighted by atomic mass is 10.1. The van der Waals surface area contributed by atoms with Gasteiger partial charge in [0.05, 0.1) is 30.6 Å². The van der Waals surface area contributed by atoms with Crippen LogP contribution in [0.3, 0.4) is 0 Å². The summed E-state index contributed by atoms with van der Waals surface area (Å²) >= 11 is 6.14. The van der Waals surface area contributed by atoms with Gasteiger partial charge in [0.2, 0.25) is 0 Å². The number of ether oxygens (including phenoxy) is 1. The van der Waals surface area contributed by atoms with E-state index in [0.717, 1.165) is 22.8 Å². The van der Waals surface area contributed by atoms with Crippen LogP contribution in [-0.4, -0.2) is 17.1 Å². The first-order valence-electron chi connectivity index (χ1n) is 4.82. The second-order valence-electron chi connectivity index (χ2n) is 3.29. The standard InChI is InChI=1S/C11H12ClN3O/c1-16-7-2-3-8(9(12)4-7)10-6-14-11(5-13)15-10/h2-4,6H,5,13H2,1H3,(H,14,15). The quantitative estimate of drug-likeness (QED) is 0.860. The van der Waals surface area contributed by atoms with Crippen LogP contribution in [0.25, 0.3) is 11.3 Å². The second kappa shape index (κ2) is 4.55. The molecule has 0 saturated heterocycles. The highest BCUT2D eigenvalue weighted by Crippen LogP contribution is 2.29. The number of halogens is 1. The number of H-pyrrole nitrogens is 1. The Morgan fingerprint density at radius 3 is 2.88 bits per heavy atom. The van der Waals surface area contributed by atoms with Crippen molar-refractivity contribution in [1.82, 2.24) is 9.97 Å². The van der Waals surface area contributed by atoms with Crippen molar-refractivity contribution in [2.24, 2.45) is 5.73 Å². The minimum absolute atomic E-state index is 0.383. The number of aromatic nitrogens is 2. The zero-order chi connectivity index (χ0) is 11.5. The fourth-order valence-electron chi connectivity index (χ4n) is 1.44. The fraction of sp³-hybridized carbons (Fsp3) is 0.182. The van der Waals surface area contributed by atoms with Crippen molar-refractivity contribution in [3.05, 3.63) is 35.2 Å². The molecule has 2 rings (SSSR count). The van der Waals surface area contributed by atoms with Gasteiger partial charge in [-0.15, -0.1) is 0 Å². The molecule has 0 spiro atoms. The summed E-state index contributed by atoms with van der Waals surface area (Å²) in [6.45, 7) is 0.383. The minimum Gasteiger partial charge on any atom is -0.497 e. The molecule has 5 heteroatoms. The molecule has 0 aliphatic rings. The lowest BCUT2D eigenvalue weighted by Gasteiger charge is -2.04. The number of imidazole rings is 1. The van der Waals surface area contributed by atoms with Crippen LogP contribution in [0.5, 0.6) is 5.75 Å². The minimum atomic E-state index is 0.383. The maximum absolute atomic E-state index is 6.14. The monoisotopic (exact) mass is 237 g/mol. The maximum atomic E-state index is 6.14. The van der Waals surface area contributed by atoms with E-state index in [0.29, 0.717) is 11.6 Å². The van der Waals surface area contributed by atoms with E-state index in [1.54, 1.807) is 19.4 Å². The largest absolute Gasteiger partial charge is 0.497 e. The second-order valence-corrected chi connectivity index (χ2v) is 3.70. The number of methoxy groups -OCH3 is 1. The first-order chi connectivity index (χ1) is 7.74. The zero-order valence-electron chi connectivity index (χ0n) is 8.83. The normalized spacial score (nSPS) is 10.4. The summed E-state index contributed by atoms with van der Waals surface area (Å²) in [6, 6.07) is 5.50. The number of hydrogen-bond donors (Lipinski definition) is 2. The smallest absolute Gasteiger partial charge is 0.120 e. The van der Waals surface area contributed by atoms with Gasteiger partial charge in [0.25, 0.3) is 0 Å². The molecule has 0 radical (unpaired) electrons. The summed E-state index contributed by atoms with van der Waals surface area (Å²) in [7, 11) is 1.61. The fourth-order valence-corrected chi connectivity index (χ4v) is 1.72. The predicted octanol–water partition coefficient (Wildman–Crippen LogP) is 2.20. The Morgan fingerprint density at radius 1 is 1.50 bits per heavy atom. The van der Waals surface area contributed by atoms with E-state index in [9.17, 15) is 0 Å². The van der Waals surface area contributed by atoms with Crippen LogP contribution in [0.4, 0.5) is 0 Å². The highest BCUT2D eigenvalue weighted by atomic mass is 35.5. The first kappa shape index (κ1) is 11.0. The lowest BCUT2D eigenvalue weighted by molar-refractivity contribution is 0.415. The molecule has 1 aromatic carbocycles. The number of benzene rings is 1. The third kappa shape index (κ3) is 2.03. The Labute approximate surface area is 98.4 Å². The number of nitrogens with zero attached hydrogens (tertiary/aromatic N) is 1. The van der Waals surface area contributed by atoms with Crippen LogP contribution in [-0.2, 0) is 6.54 Å². The molecule has 1 heterocycles. The third-order valence-corrected chi connectivity index (χ3v) is 2.60. The van der Waals surface area contributed by atoms with Crippen molar-refractivity contribution in [2.45, 2.75) is 6.54 Å². The molecule has 0 aliphatic heterocycles. The van der Waals surface area contributed by atoms with Crippen molar-refractivity contribution in [3.8, 4) is 17.0 Å². The number of nitrogens with one attached hydrogen (secondary N) is 1. The zero-order valence-corrected chi connectivity index (χ0v) is 9.58. The van der Waals surface area contributed by atoms with Gasteiger partial charge in [-0.3, -0.25) is 0 Å². The van der Waals surface area contributed by atoms with E-state index >= 15 is 0 Å². The van der Waals surface area contributed by atoms with Crippen molar-refractivity contribution < 1.29 is 4.74 Å². The molecule has 0 atom stereocenters. The molecule has 0 unspecified atom stereocenters. The van der Waals surface area contributed by atoms with Crippen molar-refractivity contribution in [2.75, 3.05) is 7.11 Å². The molecule has 0 aliphatic carbocycles. The lowest BCUT2D eigenvalue weighted by Crippen LogP contribution is -1.97. The molecule has 0 fully saturated rings. The third-order valence-electron chi connectivity index (χ3n) is 2.29. The Morgan fingerprint density at radius 2 is 2.31 bits per heavy atom. The molecular weight excluding hydrogens is 226 g/mol. The molecule has 1 aromatic heterocycles. The predicted molar refractivity (Wildman–Crippen MR) is 63.5 cm³/mol. The number of nitrogens with two attached hydrogens (primary N) is 1. The molecule has 2 aromatic rings. The topological polar surface area (TPSA) is 63.9 Å². The van der Waals surface area contributed by atoms with Gasteiger partial charge >= 0.3 is 0 Å².